The Morgan fingerprint density at radius 3 is 2.66 bits per heavy atom. The van der Waals surface area contributed by atoms with Crippen LogP contribution in [-0.2, 0) is 18.6 Å². The first kappa shape index (κ1) is 26.0. The predicted octanol–water partition coefficient (Wildman–Crippen LogP) is 1.05. The van der Waals surface area contributed by atoms with Crippen molar-refractivity contribution in [2.75, 3.05) is 31.7 Å². The van der Waals surface area contributed by atoms with E-state index in [1.54, 1.807) is 30.3 Å². The van der Waals surface area contributed by atoms with Gasteiger partial charge in [-0.25, -0.2) is 14.4 Å². The van der Waals surface area contributed by atoms with E-state index >= 15 is 0 Å². The fourth-order valence-electron chi connectivity index (χ4n) is 2.88. The van der Waals surface area contributed by atoms with Crippen molar-refractivity contribution in [1.29, 1.82) is 0 Å². The Labute approximate surface area is 190 Å². The Morgan fingerprint density at radius 1 is 1.34 bits per heavy atom. The van der Waals surface area contributed by atoms with Crippen molar-refractivity contribution in [1.82, 2.24) is 14.6 Å². The SMILES string of the molecule is COC(COP(=O)(NCC=O)Oc1ccccc1)[C@@H](O)C(CCS)n1ccc(N)nc1=O. The molecule has 0 radical (unpaired) electrons. The molecule has 0 fully saturated rings. The third-order valence-electron chi connectivity index (χ3n) is 4.46. The van der Waals surface area contributed by atoms with Gasteiger partial charge in [0.2, 0.25) is 0 Å². The number of nitrogen functional groups attached to an aromatic ring is 1. The van der Waals surface area contributed by atoms with Gasteiger partial charge in [0.1, 0.15) is 30.1 Å². The van der Waals surface area contributed by atoms with Gasteiger partial charge in [-0.1, -0.05) is 18.2 Å². The number of aliphatic hydroxyl groups is 1. The summed E-state index contributed by atoms with van der Waals surface area (Å²) in [5, 5.41) is 13.4. The number of carbonyl (C=O) groups excluding carboxylic acids is 1. The molecule has 3 unspecified atom stereocenters. The van der Waals surface area contributed by atoms with Crippen LogP contribution in [0.15, 0.2) is 47.4 Å². The van der Waals surface area contributed by atoms with E-state index in [0.717, 1.165) is 0 Å². The molecule has 1 aromatic carbocycles. The molecule has 2 rings (SSSR count). The summed E-state index contributed by atoms with van der Waals surface area (Å²) in [7, 11) is -2.65. The number of aliphatic hydroxyl groups excluding tert-OH is 1. The molecular formula is C19H27N4O7PS. The number of hydrogen-bond acceptors (Lipinski definition) is 10. The number of thiol groups is 1. The maximum absolute atomic E-state index is 13.1. The van der Waals surface area contributed by atoms with Crippen molar-refractivity contribution in [3.05, 3.63) is 53.1 Å². The van der Waals surface area contributed by atoms with Crippen LogP contribution in [0.1, 0.15) is 12.5 Å². The molecule has 11 nitrogen and oxygen atoms in total. The van der Waals surface area contributed by atoms with Gasteiger partial charge >= 0.3 is 13.4 Å². The van der Waals surface area contributed by atoms with Crippen LogP contribution in [0.4, 0.5) is 5.82 Å². The van der Waals surface area contributed by atoms with Crippen molar-refractivity contribution in [3.8, 4) is 5.75 Å². The normalized spacial score (nSPS) is 16.0. The quantitative estimate of drug-likeness (QED) is 0.173. The fourth-order valence-corrected chi connectivity index (χ4v) is 4.40. The summed E-state index contributed by atoms with van der Waals surface area (Å²) in [5.41, 5.74) is 4.90. The molecular weight excluding hydrogens is 459 g/mol. The number of nitrogens with zero attached hydrogens (tertiary/aromatic N) is 2. The number of anilines is 1. The monoisotopic (exact) mass is 486 g/mol. The Balaban J connectivity index is 2.19. The summed E-state index contributed by atoms with van der Waals surface area (Å²) in [5.74, 6) is 0.667. The summed E-state index contributed by atoms with van der Waals surface area (Å²) in [6.45, 7) is -0.646. The van der Waals surface area contributed by atoms with Gasteiger partial charge in [0.05, 0.1) is 19.2 Å². The summed E-state index contributed by atoms with van der Waals surface area (Å²) < 4.78 is 30.6. The fraction of sp³-hybridized carbons (Fsp3) is 0.421. The van der Waals surface area contributed by atoms with Crippen LogP contribution in [0.5, 0.6) is 5.75 Å². The van der Waals surface area contributed by atoms with Crippen molar-refractivity contribution in [2.45, 2.75) is 24.7 Å². The second kappa shape index (κ2) is 12.7. The molecule has 0 aliphatic heterocycles. The number of aldehydes is 1. The molecule has 0 amide bonds. The number of hydrogen-bond donors (Lipinski definition) is 4. The van der Waals surface area contributed by atoms with Crippen LogP contribution in [0.2, 0.25) is 0 Å². The summed E-state index contributed by atoms with van der Waals surface area (Å²) in [6, 6.07) is 8.94. The highest BCUT2D eigenvalue weighted by Gasteiger charge is 2.34. The van der Waals surface area contributed by atoms with Gasteiger partial charge in [0.25, 0.3) is 0 Å². The Hall–Kier alpha value is -2.21. The van der Waals surface area contributed by atoms with Gasteiger partial charge in [0, 0.05) is 13.3 Å². The van der Waals surface area contributed by atoms with Crippen LogP contribution in [0.25, 0.3) is 0 Å². The smallest absolute Gasteiger partial charge is 0.413 e. The number of carbonyl (C=O) groups is 1. The zero-order valence-electron chi connectivity index (χ0n) is 17.4. The number of rotatable bonds is 14. The van der Waals surface area contributed by atoms with Gasteiger partial charge in [0.15, 0.2) is 0 Å². The molecule has 0 bridgehead atoms. The lowest BCUT2D eigenvalue weighted by Gasteiger charge is -2.30. The summed E-state index contributed by atoms with van der Waals surface area (Å²) >= 11 is 4.20. The molecule has 32 heavy (non-hydrogen) atoms. The maximum atomic E-state index is 13.1. The van der Waals surface area contributed by atoms with Crippen LogP contribution < -0.4 is 21.0 Å². The third kappa shape index (κ3) is 7.44. The molecule has 13 heteroatoms. The average molecular weight is 486 g/mol. The molecule has 4 atom stereocenters. The van der Waals surface area contributed by atoms with Gasteiger partial charge < -0.3 is 24.9 Å². The van der Waals surface area contributed by atoms with E-state index in [-0.39, 0.29) is 24.7 Å². The van der Waals surface area contributed by atoms with Gasteiger partial charge in [-0.3, -0.25) is 9.09 Å². The Kier molecular flexibility index (Phi) is 10.4. The molecule has 4 N–H and O–H groups in total. The molecule has 0 spiro atoms. The number of nitrogens with one attached hydrogen (secondary N) is 1. The highest BCUT2D eigenvalue weighted by Crippen LogP contribution is 2.44. The third-order valence-corrected chi connectivity index (χ3v) is 6.23. The number of ether oxygens (including phenoxy) is 1. The maximum Gasteiger partial charge on any atom is 0.459 e. The van der Waals surface area contributed by atoms with Crippen molar-refractivity contribution < 1.29 is 28.3 Å². The summed E-state index contributed by atoms with van der Waals surface area (Å²) in [6.07, 6.45) is -0.0282. The average Bonchev–Trinajstić information content (AvgIpc) is 2.77. The van der Waals surface area contributed by atoms with Crippen molar-refractivity contribution in [3.63, 3.8) is 0 Å². The summed E-state index contributed by atoms with van der Waals surface area (Å²) in [4.78, 5) is 26.7. The molecule has 176 valence electrons. The highest BCUT2D eigenvalue weighted by atomic mass is 32.1. The Morgan fingerprint density at radius 2 is 2.06 bits per heavy atom. The molecule has 2 aromatic rings. The molecule has 0 aliphatic carbocycles. The van der Waals surface area contributed by atoms with E-state index < -0.39 is 31.7 Å². The van der Waals surface area contributed by atoms with E-state index in [1.165, 1.54) is 23.9 Å². The van der Waals surface area contributed by atoms with E-state index in [2.05, 4.69) is 22.7 Å². The van der Waals surface area contributed by atoms with Gasteiger partial charge in [-0.2, -0.15) is 17.6 Å². The van der Waals surface area contributed by atoms with Gasteiger partial charge in [-0.05, 0) is 30.4 Å². The number of nitrogens with two attached hydrogens (primary N) is 1. The first-order valence-corrected chi connectivity index (χ1v) is 11.9. The van der Waals surface area contributed by atoms with E-state index in [9.17, 15) is 19.3 Å². The minimum atomic E-state index is -3.98. The number of benzene rings is 1. The Bertz CT molecular complexity index is 962. The second-order valence-corrected chi connectivity index (χ2v) is 8.81. The lowest BCUT2D eigenvalue weighted by atomic mass is 10.0. The molecule has 0 saturated heterocycles. The molecule has 0 saturated carbocycles. The van der Waals surface area contributed by atoms with E-state index in [1.807, 2.05) is 0 Å². The topological polar surface area (TPSA) is 155 Å². The lowest BCUT2D eigenvalue weighted by molar-refractivity contribution is -0.107. The minimum absolute atomic E-state index is 0.0530. The number of aromatic nitrogens is 2. The zero-order valence-corrected chi connectivity index (χ0v) is 19.2. The van der Waals surface area contributed by atoms with E-state index in [4.69, 9.17) is 19.5 Å². The second-order valence-electron chi connectivity index (χ2n) is 6.61. The van der Waals surface area contributed by atoms with Crippen molar-refractivity contribution in [2.24, 2.45) is 0 Å². The molecule has 1 aromatic heterocycles. The van der Waals surface area contributed by atoms with Crippen LogP contribution in [-0.4, -0.2) is 59.2 Å². The lowest BCUT2D eigenvalue weighted by Crippen LogP contribution is -2.43. The zero-order chi connectivity index (χ0) is 23.6. The molecule has 1 heterocycles. The van der Waals surface area contributed by atoms with Gasteiger partial charge in [-0.15, -0.1) is 0 Å². The predicted molar refractivity (Wildman–Crippen MR) is 122 cm³/mol. The standard InChI is InChI=1S/C19H27N4O7PS/c1-28-16(18(25)15(8-12-32)23-10-7-17(20)22-19(23)26)13-29-31(27,21-9-11-24)30-14-5-3-2-4-6-14/h2-7,10-11,15-16,18,25,32H,8-9,12-13H2,1H3,(H,21,27)(H2,20,22,26)/t15?,16?,18-,31?/m0/s1. The van der Waals surface area contributed by atoms with Crippen molar-refractivity contribution >= 4 is 32.5 Å². The van der Waals surface area contributed by atoms with E-state index in [0.29, 0.717) is 18.5 Å². The van der Waals surface area contributed by atoms with Crippen LogP contribution >= 0.6 is 20.4 Å². The van der Waals surface area contributed by atoms with Crippen LogP contribution in [0.3, 0.4) is 0 Å². The molecule has 0 aliphatic rings. The van der Waals surface area contributed by atoms with Crippen LogP contribution in [0, 0.1) is 0 Å². The largest absolute Gasteiger partial charge is 0.459 e. The first-order chi connectivity index (χ1) is 15.3. The number of para-hydroxylation sites is 1. The first-order valence-electron chi connectivity index (χ1n) is 9.68. The minimum Gasteiger partial charge on any atom is -0.413 e. The highest BCUT2D eigenvalue weighted by molar-refractivity contribution is 7.80. The number of methoxy groups -OCH3 is 1.